The lowest BCUT2D eigenvalue weighted by Gasteiger charge is -2.28. The van der Waals surface area contributed by atoms with Crippen LogP contribution < -0.4 is 15.5 Å². The second kappa shape index (κ2) is 8.15. The largest absolute Gasteiger partial charge is 0.372 e. The van der Waals surface area contributed by atoms with E-state index in [1.54, 1.807) is 0 Å². The van der Waals surface area contributed by atoms with Crippen molar-refractivity contribution in [3.63, 3.8) is 0 Å². The molecule has 2 aromatic carbocycles. The molecule has 2 N–H and O–H groups in total. The summed E-state index contributed by atoms with van der Waals surface area (Å²) in [6, 6.07) is 16.8. The van der Waals surface area contributed by atoms with Crippen LogP contribution in [0.5, 0.6) is 0 Å². The Labute approximate surface area is 150 Å². The molecule has 0 unspecified atom stereocenters. The highest BCUT2D eigenvalue weighted by Crippen LogP contribution is 2.22. The van der Waals surface area contributed by atoms with Crippen LogP contribution in [-0.2, 0) is 6.42 Å². The highest BCUT2D eigenvalue weighted by molar-refractivity contribution is 7.80. The molecule has 0 saturated carbocycles. The van der Waals surface area contributed by atoms with Gasteiger partial charge in [0.15, 0.2) is 5.11 Å². The molecule has 1 heterocycles. The van der Waals surface area contributed by atoms with Crippen molar-refractivity contribution in [1.82, 2.24) is 0 Å². The van der Waals surface area contributed by atoms with E-state index < -0.39 is 0 Å². The Balaban J connectivity index is 1.60. The molecule has 0 bridgehead atoms. The minimum Gasteiger partial charge on any atom is -0.372 e. The fraction of sp³-hybridized carbons (Fsp3) is 0.350. The molecule has 0 atom stereocenters. The van der Waals surface area contributed by atoms with E-state index in [9.17, 15) is 0 Å². The van der Waals surface area contributed by atoms with Crippen molar-refractivity contribution in [2.75, 3.05) is 28.6 Å². The van der Waals surface area contributed by atoms with Gasteiger partial charge in [-0.3, -0.25) is 0 Å². The molecule has 0 aromatic heterocycles. The molecule has 1 saturated heterocycles. The number of para-hydroxylation sites is 1. The lowest BCUT2D eigenvalue weighted by molar-refractivity contribution is 0.578. The Kier molecular flexibility index (Phi) is 5.70. The molecule has 24 heavy (non-hydrogen) atoms. The molecule has 0 radical (unpaired) electrons. The van der Waals surface area contributed by atoms with Crippen LogP contribution in [0.15, 0.2) is 48.5 Å². The topological polar surface area (TPSA) is 27.3 Å². The van der Waals surface area contributed by atoms with Crippen molar-refractivity contribution in [1.29, 1.82) is 0 Å². The van der Waals surface area contributed by atoms with Crippen LogP contribution in [0.25, 0.3) is 0 Å². The van der Waals surface area contributed by atoms with Gasteiger partial charge in [0, 0.05) is 30.2 Å². The molecule has 0 amide bonds. The second-order valence-electron chi connectivity index (χ2n) is 6.18. The lowest BCUT2D eigenvalue weighted by Crippen LogP contribution is -2.29. The summed E-state index contributed by atoms with van der Waals surface area (Å²) >= 11 is 5.45. The number of hydrogen-bond donors (Lipinski definition) is 2. The second-order valence-corrected chi connectivity index (χ2v) is 6.59. The molecule has 1 fully saturated rings. The molecule has 2 aromatic rings. The van der Waals surface area contributed by atoms with E-state index in [-0.39, 0.29) is 0 Å². The quantitative estimate of drug-likeness (QED) is 0.762. The maximum absolute atomic E-state index is 5.45. The first-order valence-corrected chi connectivity index (χ1v) is 9.18. The van der Waals surface area contributed by atoms with Crippen molar-refractivity contribution in [3.05, 3.63) is 54.1 Å². The summed E-state index contributed by atoms with van der Waals surface area (Å²) in [4.78, 5) is 2.46. The summed E-state index contributed by atoms with van der Waals surface area (Å²) in [6.07, 6.45) is 4.93. The summed E-state index contributed by atoms with van der Waals surface area (Å²) in [5, 5.41) is 7.20. The van der Waals surface area contributed by atoms with Crippen molar-refractivity contribution >= 4 is 34.4 Å². The molecule has 0 aliphatic carbocycles. The number of benzene rings is 2. The molecule has 126 valence electrons. The number of rotatable bonds is 4. The minimum atomic E-state index is 0.627. The maximum atomic E-state index is 5.45. The number of nitrogens with zero attached hydrogens (tertiary/aromatic N) is 1. The Morgan fingerprint density at radius 2 is 1.67 bits per heavy atom. The summed E-state index contributed by atoms with van der Waals surface area (Å²) in [6.45, 7) is 4.48. The molecule has 3 nitrogen and oxygen atoms in total. The molecule has 0 spiro atoms. The van der Waals surface area contributed by atoms with E-state index in [0.29, 0.717) is 5.11 Å². The number of hydrogen-bond acceptors (Lipinski definition) is 2. The van der Waals surface area contributed by atoms with E-state index >= 15 is 0 Å². The van der Waals surface area contributed by atoms with Crippen LogP contribution in [0.4, 0.5) is 17.1 Å². The highest BCUT2D eigenvalue weighted by Gasteiger charge is 2.10. The average Bonchev–Trinajstić information content (AvgIpc) is 2.63. The monoisotopic (exact) mass is 339 g/mol. The van der Waals surface area contributed by atoms with Gasteiger partial charge in [0.05, 0.1) is 0 Å². The Bertz CT molecular complexity index is 676. The maximum Gasteiger partial charge on any atom is 0.175 e. The zero-order chi connectivity index (χ0) is 16.8. The first-order chi connectivity index (χ1) is 11.8. The van der Waals surface area contributed by atoms with Gasteiger partial charge in [0.25, 0.3) is 0 Å². The molecular weight excluding hydrogens is 314 g/mol. The van der Waals surface area contributed by atoms with E-state index in [0.717, 1.165) is 17.8 Å². The zero-order valence-corrected chi connectivity index (χ0v) is 15.0. The number of nitrogens with one attached hydrogen (secondary N) is 2. The van der Waals surface area contributed by atoms with Crippen LogP contribution in [0.3, 0.4) is 0 Å². The van der Waals surface area contributed by atoms with Crippen molar-refractivity contribution < 1.29 is 0 Å². The van der Waals surface area contributed by atoms with Crippen LogP contribution in [0.1, 0.15) is 31.7 Å². The standard InChI is InChI=1S/C20H25N3S/c1-2-16-8-4-5-9-19(16)22-20(24)21-17-10-12-18(13-11-17)23-14-6-3-7-15-23/h4-5,8-13H,2-3,6-7,14-15H2,1H3,(H2,21,22,24). The molecule has 4 heteroatoms. The molecule has 1 aliphatic heterocycles. The van der Waals surface area contributed by atoms with Crippen molar-refractivity contribution in [2.24, 2.45) is 0 Å². The van der Waals surface area contributed by atoms with Gasteiger partial charge in [0.1, 0.15) is 0 Å². The number of anilines is 3. The summed E-state index contributed by atoms with van der Waals surface area (Å²) in [7, 11) is 0. The Morgan fingerprint density at radius 1 is 0.958 bits per heavy atom. The molecular formula is C20H25N3S. The number of piperidine rings is 1. The van der Waals surface area contributed by atoms with Crippen molar-refractivity contribution in [3.8, 4) is 0 Å². The van der Waals surface area contributed by atoms with Crippen molar-refractivity contribution in [2.45, 2.75) is 32.6 Å². The van der Waals surface area contributed by atoms with E-state index in [2.05, 4.69) is 64.9 Å². The van der Waals surface area contributed by atoms with Crippen LogP contribution >= 0.6 is 12.2 Å². The van der Waals surface area contributed by atoms with Gasteiger partial charge in [-0.15, -0.1) is 0 Å². The third-order valence-corrected chi connectivity index (χ3v) is 4.70. The third kappa shape index (κ3) is 4.26. The Morgan fingerprint density at radius 3 is 2.38 bits per heavy atom. The number of aryl methyl sites for hydroxylation is 1. The predicted molar refractivity (Wildman–Crippen MR) is 108 cm³/mol. The summed E-state index contributed by atoms with van der Waals surface area (Å²) in [5.74, 6) is 0. The predicted octanol–water partition coefficient (Wildman–Crippen LogP) is 5.05. The van der Waals surface area contributed by atoms with E-state index in [4.69, 9.17) is 12.2 Å². The van der Waals surface area contributed by atoms with Gasteiger partial charge in [0.2, 0.25) is 0 Å². The summed E-state index contributed by atoms with van der Waals surface area (Å²) < 4.78 is 0. The van der Waals surface area contributed by atoms with Gasteiger partial charge in [-0.25, -0.2) is 0 Å². The average molecular weight is 340 g/mol. The first-order valence-electron chi connectivity index (χ1n) is 8.77. The third-order valence-electron chi connectivity index (χ3n) is 4.49. The highest BCUT2D eigenvalue weighted by atomic mass is 32.1. The first kappa shape index (κ1) is 16.8. The van der Waals surface area contributed by atoms with Gasteiger partial charge in [-0.2, -0.15) is 0 Å². The lowest BCUT2D eigenvalue weighted by atomic mass is 10.1. The van der Waals surface area contributed by atoms with Crippen LogP contribution in [0.2, 0.25) is 0 Å². The molecule has 1 aliphatic rings. The molecule has 3 rings (SSSR count). The minimum absolute atomic E-state index is 0.627. The summed E-state index contributed by atoms with van der Waals surface area (Å²) in [5.41, 5.74) is 4.65. The smallest absolute Gasteiger partial charge is 0.175 e. The Hall–Kier alpha value is -2.07. The van der Waals surface area contributed by atoms with Gasteiger partial charge < -0.3 is 15.5 Å². The zero-order valence-electron chi connectivity index (χ0n) is 14.2. The van der Waals surface area contributed by atoms with Gasteiger partial charge in [-0.05, 0) is 73.8 Å². The van der Waals surface area contributed by atoms with E-state index in [1.807, 2.05) is 6.07 Å². The fourth-order valence-electron chi connectivity index (χ4n) is 3.14. The van der Waals surface area contributed by atoms with Crippen LogP contribution in [0, 0.1) is 0 Å². The normalized spacial score (nSPS) is 14.3. The fourth-order valence-corrected chi connectivity index (χ4v) is 3.37. The van der Waals surface area contributed by atoms with Crippen LogP contribution in [-0.4, -0.2) is 18.2 Å². The van der Waals surface area contributed by atoms with Gasteiger partial charge >= 0.3 is 0 Å². The number of thiocarbonyl (C=S) groups is 1. The van der Waals surface area contributed by atoms with E-state index in [1.165, 1.54) is 43.6 Å². The SMILES string of the molecule is CCc1ccccc1NC(=S)Nc1ccc(N2CCCCC2)cc1. The van der Waals surface area contributed by atoms with Gasteiger partial charge in [-0.1, -0.05) is 25.1 Å².